The number of methoxy groups -OCH3 is 1. The summed E-state index contributed by atoms with van der Waals surface area (Å²) in [4.78, 5) is 11.1. The van der Waals surface area contributed by atoms with Gasteiger partial charge in [0.25, 0.3) is 0 Å². The van der Waals surface area contributed by atoms with Crippen molar-refractivity contribution in [1.82, 2.24) is 0 Å². The van der Waals surface area contributed by atoms with E-state index < -0.39 is 15.9 Å². The molecule has 0 bridgehead atoms. The van der Waals surface area contributed by atoms with Crippen molar-refractivity contribution in [3.63, 3.8) is 0 Å². The summed E-state index contributed by atoms with van der Waals surface area (Å²) >= 11 is 0. The third kappa shape index (κ3) is 2.96. The van der Waals surface area contributed by atoms with Gasteiger partial charge in [-0.3, -0.25) is 5.32 Å². The fraction of sp³-hybridized carbons (Fsp3) is 0.300. The molecule has 0 saturated carbocycles. The molecule has 0 fully saturated rings. The van der Waals surface area contributed by atoms with Gasteiger partial charge in [0.2, 0.25) is 0 Å². The second-order valence-electron chi connectivity index (χ2n) is 3.04. The first-order valence-corrected chi connectivity index (χ1v) is 6.32. The number of benzene rings is 1. The summed E-state index contributed by atoms with van der Waals surface area (Å²) in [6.07, 6.45) is -0.592. The van der Waals surface area contributed by atoms with Crippen LogP contribution in [-0.4, -0.2) is 27.4 Å². The van der Waals surface area contributed by atoms with Crippen LogP contribution in [0.4, 0.5) is 10.5 Å². The van der Waals surface area contributed by atoms with Crippen molar-refractivity contribution < 1.29 is 17.9 Å². The van der Waals surface area contributed by atoms with E-state index in [-0.39, 0.29) is 10.6 Å². The third-order valence-electron chi connectivity index (χ3n) is 2.03. The first-order valence-electron chi connectivity index (χ1n) is 4.67. The Kier molecular flexibility index (Phi) is 3.89. The predicted octanol–water partition coefficient (Wildman–Crippen LogP) is 1.66. The SMILES string of the molecule is CCS(=O)(=O)c1ccc(NC(=O)OC)cc1. The van der Waals surface area contributed by atoms with Gasteiger partial charge in [0, 0.05) is 5.69 Å². The van der Waals surface area contributed by atoms with Crippen molar-refractivity contribution in [2.24, 2.45) is 0 Å². The Balaban J connectivity index is 2.88. The van der Waals surface area contributed by atoms with E-state index in [1.165, 1.54) is 31.4 Å². The van der Waals surface area contributed by atoms with Crippen molar-refractivity contribution >= 4 is 21.6 Å². The largest absolute Gasteiger partial charge is 0.453 e. The van der Waals surface area contributed by atoms with Crippen molar-refractivity contribution in [3.05, 3.63) is 24.3 Å². The van der Waals surface area contributed by atoms with E-state index in [2.05, 4.69) is 10.1 Å². The zero-order valence-corrected chi connectivity index (χ0v) is 9.87. The number of ether oxygens (including phenoxy) is 1. The molecule has 1 N–H and O–H groups in total. The zero-order valence-electron chi connectivity index (χ0n) is 9.06. The molecule has 1 amide bonds. The maximum absolute atomic E-state index is 11.5. The number of hydrogen-bond donors (Lipinski definition) is 1. The fourth-order valence-electron chi connectivity index (χ4n) is 1.08. The van der Waals surface area contributed by atoms with Crippen molar-refractivity contribution in [3.8, 4) is 0 Å². The number of sulfone groups is 1. The van der Waals surface area contributed by atoms with Crippen LogP contribution in [0.2, 0.25) is 0 Å². The molecule has 0 saturated heterocycles. The first-order chi connectivity index (χ1) is 7.49. The molecule has 0 aliphatic rings. The lowest BCUT2D eigenvalue weighted by Gasteiger charge is -2.05. The van der Waals surface area contributed by atoms with Crippen LogP contribution in [0.15, 0.2) is 29.2 Å². The summed E-state index contributed by atoms with van der Waals surface area (Å²) in [5.41, 5.74) is 0.488. The molecule has 0 aliphatic carbocycles. The number of amides is 1. The average Bonchev–Trinajstić information content (AvgIpc) is 2.29. The van der Waals surface area contributed by atoms with E-state index in [0.29, 0.717) is 5.69 Å². The average molecular weight is 243 g/mol. The number of carbonyl (C=O) groups excluding carboxylic acids is 1. The molecule has 0 heterocycles. The molecule has 1 rings (SSSR count). The van der Waals surface area contributed by atoms with E-state index in [9.17, 15) is 13.2 Å². The highest BCUT2D eigenvalue weighted by Crippen LogP contribution is 2.15. The van der Waals surface area contributed by atoms with Gasteiger partial charge >= 0.3 is 6.09 Å². The minimum Gasteiger partial charge on any atom is -0.453 e. The van der Waals surface area contributed by atoms with Crippen LogP contribution in [0, 0.1) is 0 Å². The summed E-state index contributed by atoms with van der Waals surface area (Å²) in [6, 6.07) is 5.92. The number of hydrogen-bond acceptors (Lipinski definition) is 4. The van der Waals surface area contributed by atoms with Crippen LogP contribution in [-0.2, 0) is 14.6 Å². The molecule has 1 aromatic carbocycles. The fourth-order valence-corrected chi connectivity index (χ4v) is 1.97. The molecule has 1 aromatic rings. The van der Waals surface area contributed by atoms with Crippen molar-refractivity contribution in [2.75, 3.05) is 18.2 Å². The molecule has 0 radical (unpaired) electrons. The minimum absolute atomic E-state index is 0.0524. The Morgan fingerprint density at radius 3 is 2.31 bits per heavy atom. The summed E-state index contributed by atoms with van der Waals surface area (Å²) in [7, 11) is -1.94. The summed E-state index contributed by atoms with van der Waals surface area (Å²) < 4.78 is 27.4. The third-order valence-corrected chi connectivity index (χ3v) is 3.78. The Hall–Kier alpha value is -1.56. The van der Waals surface area contributed by atoms with Gasteiger partial charge in [0.1, 0.15) is 0 Å². The van der Waals surface area contributed by atoms with Crippen LogP contribution >= 0.6 is 0 Å². The van der Waals surface area contributed by atoms with Gasteiger partial charge in [-0.05, 0) is 24.3 Å². The molecular weight excluding hydrogens is 230 g/mol. The van der Waals surface area contributed by atoms with Gasteiger partial charge in [-0.1, -0.05) is 6.92 Å². The minimum atomic E-state index is -3.19. The summed E-state index contributed by atoms with van der Waals surface area (Å²) in [6.45, 7) is 1.58. The number of carbonyl (C=O) groups is 1. The highest BCUT2D eigenvalue weighted by atomic mass is 32.2. The lowest BCUT2D eigenvalue weighted by atomic mass is 10.3. The van der Waals surface area contributed by atoms with E-state index in [1.807, 2.05) is 0 Å². The second kappa shape index (κ2) is 4.98. The van der Waals surface area contributed by atoms with Gasteiger partial charge in [0.15, 0.2) is 9.84 Å². The monoisotopic (exact) mass is 243 g/mol. The summed E-state index contributed by atoms with van der Waals surface area (Å²) in [5.74, 6) is 0.0524. The van der Waals surface area contributed by atoms with E-state index in [4.69, 9.17) is 0 Å². The number of rotatable bonds is 3. The molecule has 0 aliphatic heterocycles. The highest BCUT2D eigenvalue weighted by Gasteiger charge is 2.11. The molecule has 16 heavy (non-hydrogen) atoms. The lowest BCUT2D eigenvalue weighted by molar-refractivity contribution is 0.187. The van der Waals surface area contributed by atoms with Gasteiger partial charge < -0.3 is 4.74 Å². The maximum Gasteiger partial charge on any atom is 0.411 e. The molecular formula is C10H13NO4S. The molecule has 0 aromatic heterocycles. The van der Waals surface area contributed by atoms with Gasteiger partial charge in [-0.25, -0.2) is 13.2 Å². The lowest BCUT2D eigenvalue weighted by Crippen LogP contribution is -2.11. The van der Waals surface area contributed by atoms with Crippen LogP contribution < -0.4 is 5.32 Å². The number of anilines is 1. The molecule has 88 valence electrons. The Morgan fingerprint density at radius 2 is 1.88 bits per heavy atom. The van der Waals surface area contributed by atoms with Crippen molar-refractivity contribution in [1.29, 1.82) is 0 Å². The van der Waals surface area contributed by atoms with Gasteiger partial charge in [-0.15, -0.1) is 0 Å². The number of nitrogens with one attached hydrogen (secondary N) is 1. The first kappa shape index (κ1) is 12.5. The smallest absolute Gasteiger partial charge is 0.411 e. The standard InChI is InChI=1S/C10H13NO4S/c1-3-16(13,14)9-6-4-8(5-7-9)11-10(12)15-2/h4-7H,3H2,1-2H3,(H,11,12). The van der Waals surface area contributed by atoms with Crippen molar-refractivity contribution in [2.45, 2.75) is 11.8 Å². The molecule has 5 nitrogen and oxygen atoms in total. The topological polar surface area (TPSA) is 72.5 Å². The summed E-state index contributed by atoms with van der Waals surface area (Å²) in [5, 5.41) is 2.43. The Morgan fingerprint density at radius 1 is 1.31 bits per heavy atom. The van der Waals surface area contributed by atoms with E-state index >= 15 is 0 Å². The Labute approximate surface area is 94.3 Å². The maximum atomic E-state index is 11.5. The quantitative estimate of drug-likeness (QED) is 0.876. The Bertz CT molecular complexity index is 464. The van der Waals surface area contributed by atoms with Gasteiger partial charge in [0.05, 0.1) is 17.8 Å². The molecule has 0 unspecified atom stereocenters. The zero-order chi connectivity index (χ0) is 12.2. The normalized spacial score (nSPS) is 10.9. The molecule has 0 atom stereocenters. The second-order valence-corrected chi connectivity index (χ2v) is 5.32. The van der Waals surface area contributed by atoms with E-state index in [0.717, 1.165) is 0 Å². The van der Waals surface area contributed by atoms with E-state index in [1.54, 1.807) is 6.92 Å². The van der Waals surface area contributed by atoms with Crippen LogP contribution in [0.25, 0.3) is 0 Å². The predicted molar refractivity (Wildman–Crippen MR) is 60.2 cm³/mol. The molecule has 0 spiro atoms. The van der Waals surface area contributed by atoms with Crippen LogP contribution in [0.5, 0.6) is 0 Å². The van der Waals surface area contributed by atoms with Gasteiger partial charge in [-0.2, -0.15) is 0 Å². The highest BCUT2D eigenvalue weighted by molar-refractivity contribution is 7.91. The molecule has 6 heteroatoms. The van der Waals surface area contributed by atoms with Crippen LogP contribution in [0.1, 0.15) is 6.92 Å². The van der Waals surface area contributed by atoms with Crippen LogP contribution in [0.3, 0.4) is 0 Å².